The van der Waals surface area contributed by atoms with Crippen LogP contribution in [0.15, 0.2) is 24.3 Å². The second kappa shape index (κ2) is 6.04. The highest BCUT2D eigenvalue weighted by molar-refractivity contribution is 5.32. The van der Waals surface area contributed by atoms with Crippen LogP contribution in [0.1, 0.15) is 36.8 Å². The lowest BCUT2D eigenvalue weighted by molar-refractivity contribution is 0.0972. The predicted molar refractivity (Wildman–Crippen MR) is 76.7 cm³/mol. The minimum absolute atomic E-state index is 0.414. The number of fused-ring (bicyclic) bond motifs is 1. The van der Waals surface area contributed by atoms with Crippen LogP contribution >= 0.6 is 0 Å². The molecule has 1 aliphatic heterocycles. The molecule has 3 heteroatoms. The maximum Gasteiger partial charge on any atom is 0.0576 e. The number of ether oxygens (including phenoxy) is 1. The molecule has 0 bridgehead atoms. The van der Waals surface area contributed by atoms with Gasteiger partial charge in [-0.3, -0.25) is 11.3 Å². The standard InChI is InChI=1S/C16H24N2O/c17-18-16(8-7-15-6-3-9-19-15)14-10-12-4-1-2-5-13(12)11-14/h1-2,4-5,14-16,18H,3,6-11,17H2. The number of hydrazine groups is 1. The molecule has 0 aromatic heterocycles. The van der Waals surface area contributed by atoms with Crippen LogP contribution in [0.5, 0.6) is 0 Å². The van der Waals surface area contributed by atoms with Crippen LogP contribution in [0.2, 0.25) is 0 Å². The SMILES string of the molecule is NNC(CCC1CCCO1)C1Cc2ccccc2C1. The number of rotatable bonds is 5. The highest BCUT2D eigenvalue weighted by atomic mass is 16.5. The van der Waals surface area contributed by atoms with Crippen LogP contribution in [0.4, 0.5) is 0 Å². The summed E-state index contributed by atoms with van der Waals surface area (Å²) in [5.41, 5.74) is 6.06. The van der Waals surface area contributed by atoms with Crippen LogP contribution in [-0.4, -0.2) is 18.8 Å². The fourth-order valence-corrected chi connectivity index (χ4v) is 3.57. The fourth-order valence-electron chi connectivity index (χ4n) is 3.57. The molecule has 1 saturated heterocycles. The Kier molecular flexibility index (Phi) is 4.16. The normalized spacial score (nSPS) is 24.6. The van der Waals surface area contributed by atoms with Gasteiger partial charge in [0.15, 0.2) is 0 Å². The summed E-state index contributed by atoms with van der Waals surface area (Å²) in [6, 6.07) is 9.19. The van der Waals surface area contributed by atoms with E-state index in [0.29, 0.717) is 18.1 Å². The van der Waals surface area contributed by atoms with E-state index in [1.165, 1.54) is 24.0 Å². The van der Waals surface area contributed by atoms with Crippen molar-refractivity contribution in [2.45, 2.75) is 50.7 Å². The zero-order valence-electron chi connectivity index (χ0n) is 11.5. The summed E-state index contributed by atoms with van der Waals surface area (Å²) < 4.78 is 5.70. The van der Waals surface area contributed by atoms with Crippen molar-refractivity contribution in [3.8, 4) is 0 Å². The number of hydrogen-bond donors (Lipinski definition) is 2. The molecule has 3 N–H and O–H groups in total. The molecule has 19 heavy (non-hydrogen) atoms. The Labute approximate surface area is 115 Å². The van der Waals surface area contributed by atoms with Gasteiger partial charge in [-0.2, -0.15) is 0 Å². The third-order valence-electron chi connectivity index (χ3n) is 4.69. The lowest BCUT2D eigenvalue weighted by Gasteiger charge is -2.23. The topological polar surface area (TPSA) is 47.3 Å². The van der Waals surface area contributed by atoms with Crippen molar-refractivity contribution in [2.75, 3.05) is 6.61 Å². The van der Waals surface area contributed by atoms with Gasteiger partial charge in [-0.15, -0.1) is 0 Å². The number of nitrogens with one attached hydrogen (secondary N) is 1. The third kappa shape index (κ3) is 2.99. The first kappa shape index (κ1) is 13.1. The molecule has 1 fully saturated rings. The van der Waals surface area contributed by atoms with E-state index >= 15 is 0 Å². The first-order chi connectivity index (χ1) is 9.36. The van der Waals surface area contributed by atoms with E-state index in [-0.39, 0.29) is 0 Å². The van der Waals surface area contributed by atoms with E-state index in [4.69, 9.17) is 10.6 Å². The molecule has 1 aliphatic carbocycles. The molecule has 0 radical (unpaired) electrons. The van der Waals surface area contributed by atoms with Gasteiger partial charge in [0.2, 0.25) is 0 Å². The largest absolute Gasteiger partial charge is 0.378 e. The van der Waals surface area contributed by atoms with E-state index in [1.807, 2.05) is 0 Å². The Morgan fingerprint density at radius 3 is 2.58 bits per heavy atom. The Hall–Kier alpha value is -0.900. The van der Waals surface area contributed by atoms with Crippen molar-refractivity contribution < 1.29 is 4.74 Å². The van der Waals surface area contributed by atoms with Gasteiger partial charge in [-0.05, 0) is 55.6 Å². The van der Waals surface area contributed by atoms with Gasteiger partial charge in [0, 0.05) is 12.6 Å². The molecule has 2 atom stereocenters. The average molecular weight is 260 g/mol. The van der Waals surface area contributed by atoms with Gasteiger partial charge in [-0.1, -0.05) is 24.3 Å². The quantitative estimate of drug-likeness (QED) is 0.630. The van der Waals surface area contributed by atoms with Crippen LogP contribution in [-0.2, 0) is 17.6 Å². The molecule has 3 rings (SSSR count). The molecule has 2 aliphatic rings. The van der Waals surface area contributed by atoms with Gasteiger partial charge in [0.05, 0.1) is 6.10 Å². The lowest BCUT2D eigenvalue weighted by atomic mass is 9.92. The minimum Gasteiger partial charge on any atom is -0.378 e. The van der Waals surface area contributed by atoms with Crippen molar-refractivity contribution in [3.63, 3.8) is 0 Å². The predicted octanol–water partition coefficient (Wildman–Crippen LogP) is 2.19. The smallest absolute Gasteiger partial charge is 0.0576 e. The zero-order chi connectivity index (χ0) is 13.1. The van der Waals surface area contributed by atoms with Crippen molar-refractivity contribution in [1.82, 2.24) is 5.43 Å². The second-order valence-electron chi connectivity index (χ2n) is 5.92. The molecule has 2 unspecified atom stereocenters. The number of hydrogen-bond acceptors (Lipinski definition) is 3. The minimum atomic E-state index is 0.414. The van der Waals surface area contributed by atoms with Gasteiger partial charge < -0.3 is 4.74 Å². The third-order valence-corrected chi connectivity index (χ3v) is 4.69. The van der Waals surface area contributed by atoms with E-state index in [9.17, 15) is 0 Å². The molecular formula is C16H24N2O. The molecule has 1 heterocycles. The van der Waals surface area contributed by atoms with Gasteiger partial charge in [0.1, 0.15) is 0 Å². The van der Waals surface area contributed by atoms with Crippen molar-refractivity contribution in [2.24, 2.45) is 11.8 Å². The highest BCUT2D eigenvalue weighted by Crippen LogP contribution is 2.30. The van der Waals surface area contributed by atoms with Crippen molar-refractivity contribution in [1.29, 1.82) is 0 Å². The fraction of sp³-hybridized carbons (Fsp3) is 0.625. The summed E-state index contributed by atoms with van der Waals surface area (Å²) in [5.74, 6) is 6.42. The first-order valence-electron chi connectivity index (χ1n) is 7.51. The summed E-state index contributed by atoms with van der Waals surface area (Å²) in [5, 5.41) is 0. The van der Waals surface area contributed by atoms with Crippen LogP contribution in [0.25, 0.3) is 0 Å². The van der Waals surface area contributed by atoms with Crippen molar-refractivity contribution in [3.05, 3.63) is 35.4 Å². The summed E-state index contributed by atoms with van der Waals surface area (Å²) in [6.45, 7) is 0.945. The Morgan fingerprint density at radius 1 is 1.26 bits per heavy atom. The molecule has 1 aromatic rings. The van der Waals surface area contributed by atoms with Crippen LogP contribution in [0.3, 0.4) is 0 Å². The van der Waals surface area contributed by atoms with E-state index in [2.05, 4.69) is 29.7 Å². The highest BCUT2D eigenvalue weighted by Gasteiger charge is 2.28. The number of nitrogens with two attached hydrogens (primary N) is 1. The number of benzene rings is 1. The lowest BCUT2D eigenvalue weighted by Crippen LogP contribution is -2.41. The zero-order valence-corrected chi connectivity index (χ0v) is 11.5. The van der Waals surface area contributed by atoms with Crippen molar-refractivity contribution >= 4 is 0 Å². The van der Waals surface area contributed by atoms with Crippen LogP contribution < -0.4 is 11.3 Å². The summed E-state index contributed by atoms with van der Waals surface area (Å²) in [7, 11) is 0. The van der Waals surface area contributed by atoms with Gasteiger partial charge in [0.25, 0.3) is 0 Å². The monoisotopic (exact) mass is 260 g/mol. The molecule has 0 amide bonds. The van der Waals surface area contributed by atoms with Crippen LogP contribution in [0, 0.1) is 5.92 Å². The van der Waals surface area contributed by atoms with Gasteiger partial charge in [-0.25, -0.2) is 0 Å². The molecular weight excluding hydrogens is 236 g/mol. The second-order valence-corrected chi connectivity index (χ2v) is 5.92. The van der Waals surface area contributed by atoms with Gasteiger partial charge >= 0.3 is 0 Å². The maximum atomic E-state index is 5.78. The molecule has 3 nitrogen and oxygen atoms in total. The Bertz CT molecular complexity index is 390. The summed E-state index contributed by atoms with van der Waals surface area (Å²) in [4.78, 5) is 0. The Balaban J connectivity index is 1.55. The van der Waals surface area contributed by atoms with E-state index in [1.54, 1.807) is 0 Å². The Morgan fingerprint density at radius 2 is 2.00 bits per heavy atom. The maximum absolute atomic E-state index is 5.78. The molecule has 1 aromatic carbocycles. The molecule has 0 spiro atoms. The summed E-state index contributed by atoms with van der Waals surface area (Å²) in [6.07, 6.45) is 7.51. The van der Waals surface area contributed by atoms with E-state index < -0.39 is 0 Å². The molecule has 104 valence electrons. The van der Waals surface area contributed by atoms with E-state index in [0.717, 1.165) is 32.3 Å². The first-order valence-corrected chi connectivity index (χ1v) is 7.51. The summed E-state index contributed by atoms with van der Waals surface area (Å²) >= 11 is 0. The average Bonchev–Trinajstić information content (AvgIpc) is 3.08. The molecule has 0 saturated carbocycles.